The smallest absolute Gasteiger partial charge is 0.153 e. The first kappa shape index (κ1) is 18.0. The van der Waals surface area contributed by atoms with Gasteiger partial charge in [-0.2, -0.15) is 0 Å². The van der Waals surface area contributed by atoms with Crippen molar-refractivity contribution in [1.82, 2.24) is 5.32 Å². The molecule has 0 radical (unpaired) electrons. The largest absolute Gasteiger partial charge is 0.312 e. The molecule has 1 aliphatic rings. The minimum atomic E-state index is -3.01. The van der Waals surface area contributed by atoms with E-state index >= 15 is 0 Å². The summed E-state index contributed by atoms with van der Waals surface area (Å²) < 4.78 is 22.8. The lowest BCUT2D eigenvalue weighted by Gasteiger charge is -2.30. The summed E-state index contributed by atoms with van der Waals surface area (Å²) >= 11 is 0. The van der Waals surface area contributed by atoms with E-state index in [1.807, 2.05) is 13.8 Å². The van der Waals surface area contributed by atoms with Gasteiger partial charge in [-0.25, -0.2) is 8.42 Å². The Morgan fingerprint density at radius 3 is 2.10 bits per heavy atom. The molecule has 2 unspecified atom stereocenters. The number of hydrogen-bond donors (Lipinski definition) is 1. The Morgan fingerprint density at radius 2 is 1.60 bits per heavy atom. The van der Waals surface area contributed by atoms with Crippen LogP contribution in [0.2, 0.25) is 0 Å². The monoisotopic (exact) mass is 303 g/mol. The standard InChI is InChI=1S/C16H33NO2S/c1-15(2,3)13-8-7-9-14(11-10-13)17-12-16(4,5)20(6,18)19/h13-14,17H,7-12H2,1-6H3. The molecule has 0 spiro atoms. The molecule has 1 aliphatic carbocycles. The third kappa shape index (κ3) is 5.03. The first-order valence-electron chi connectivity index (χ1n) is 7.86. The zero-order valence-electron chi connectivity index (χ0n) is 14.1. The van der Waals surface area contributed by atoms with Crippen molar-refractivity contribution in [1.29, 1.82) is 0 Å². The van der Waals surface area contributed by atoms with Crippen molar-refractivity contribution >= 4 is 9.84 Å². The maximum absolute atomic E-state index is 11.7. The molecule has 20 heavy (non-hydrogen) atoms. The topological polar surface area (TPSA) is 46.2 Å². The van der Waals surface area contributed by atoms with Crippen molar-refractivity contribution in [3.63, 3.8) is 0 Å². The lowest BCUT2D eigenvalue weighted by Crippen LogP contribution is -2.45. The summed E-state index contributed by atoms with van der Waals surface area (Å²) in [5, 5.41) is 3.50. The third-order valence-electron chi connectivity index (χ3n) is 5.01. The highest BCUT2D eigenvalue weighted by atomic mass is 32.2. The molecule has 0 aromatic rings. The Hall–Kier alpha value is -0.0900. The van der Waals surface area contributed by atoms with Crippen LogP contribution >= 0.6 is 0 Å². The van der Waals surface area contributed by atoms with E-state index in [9.17, 15) is 8.42 Å². The van der Waals surface area contributed by atoms with Crippen LogP contribution in [0.25, 0.3) is 0 Å². The second kappa shape index (κ2) is 6.35. The Bertz CT molecular complexity index is 407. The van der Waals surface area contributed by atoms with Gasteiger partial charge in [-0.3, -0.25) is 0 Å². The molecule has 1 rings (SSSR count). The van der Waals surface area contributed by atoms with E-state index in [-0.39, 0.29) is 0 Å². The summed E-state index contributed by atoms with van der Waals surface area (Å²) in [4.78, 5) is 0. The Labute approximate surface area is 125 Å². The van der Waals surface area contributed by atoms with Gasteiger partial charge in [0.1, 0.15) is 0 Å². The molecule has 4 heteroatoms. The van der Waals surface area contributed by atoms with Crippen LogP contribution in [-0.4, -0.2) is 32.0 Å². The van der Waals surface area contributed by atoms with Crippen LogP contribution in [-0.2, 0) is 9.84 Å². The third-order valence-corrected chi connectivity index (χ3v) is 7.17. The van der Waals surface area contributed by atoms with Gasteiger partial charge in [-0.1, -0.05) is 27.2 Å². The minimum absolute atomic E-state index is 0.390. The van der Waals surface area contributed by atoms with Crippen molar-refractivity contribution in [2.24, 2.45) is 11.3 Å². The van der Waals surface area contributed by atoms with Crippen molar-refractivity contribution in [3.8, 4) is 0 Å². The van der Waals surface area contributed by atoms with Crippen molar-refractivity contribution in [2.45, 2.75) is 77.5 Å². The van der Waals surface area contributed by atoms with Gasteiger partial charge >= 0.3 is 0 Å². The summed E-state index contributed by atoms with van der Waals surface area (Å²) in [7, 11) is -3.01. The summed E-state index contributed by atoms with van der Waals surface area (Å²) in [6, 6.07) is 0.475. The fourth-order valence-corrected chi connectivity index (χ4v) is 3.24. The molecule has 0 aromatic heterocycles. The van der Waals surface area contributed by atoms with E-state index in [0.717, 1.165) is 5.92 Å². The Morgan fingerprint density at radius 1 is 1.00 bits per heavy atom. The quantitative estimate of drug-likeness (QED) is 0.810. The van der Waals surface area contributed by atoms with E-state index in [1.54, 1.807) is 0 Å². The number of hydrogen-bond acceptors (Lipinski definition) is 3. The molecule has 0 saturated heterocycles. The molecule has 3 nitrogen and oxygen atoms in total. The lowest BCUT2D eigenvalue weighted by atomic mass is 9.76. The summed E-state index contributed by atoms with van der Waals surface area (Å²) in [6.07, 6.45) is 7.47. The second-order valence-corrected chi connectivity index (χ2v) is 10.8. The second-order valence-electron chi connectivity index (χ2n) is 8.18. The zero-order chi connectivity index (χ0) is 15.6. The van der Waals surface area contributed by atoms with Gasteiger partial charge in [0.05, 0.1) is 4.75 Å². The van der Waals surface area contributed by atoms with E-state index in [1.165, 1.54) is 38.4 Å². The van der Waals surface area contributed by atoms with Crippen LogP contribution in [0.5, 0.6) is 0 Å². The highest BCUT2D eigenvalue weighted by Gasteiger charge is 2.32. The lowest BCUT2D eigenvalue weighted by molar-refractivity contribution is 0.213. The van der Waals surface area contributed by atoms with Crippen molar-refractivity contribution in [3.05, 3.63) is 0 Å². The van der Waals surface area contributed by atoms with E-state index in [0.29, 0.717) is 18.0 Å². The maximum Gasteiger partial charge on any atom is 0.153 e. The van der Waals surface area contributed by atoms with Crippen LogP contribution in [0.15, 0.2) is 0 Å². The van der Waals surface area contributed by atoms with Gasteiger partial charge < -0.3 is 5.32 Å². The molecule has 1 saturated carbocycles. The van der Waals surface area contributed by atoms with Crippen LogP contribution in [0, 0.1) is 11.3 Å². The van der Waals surface area contributed by atoms with E-state index in [2.05, 4.69) is 26.1 Å². The molecule has 2 atom stereocenters. The molecule has 120 valence electrons. The summed E-state index contributed by atoms with van der Waals surface area (Å²) in [5.41, 5.74) is 0.390. The van der Waals surface area contributed by atoms with Gasteiger partial charge in [0.2, 0.25) is 0 Å². The van der Waals surface area contributed by atoms with Crippen molar-refractivity contribution < 1.29 is 8.42 Å². The molecular formula is C16H33NO2S. The van der Waals surface area contributed by atoms with Gasteiger partial charge in [-0.15, -0.1) is 0 Å². The Kier molecular flexibility index (Phi) is 5.70. The number of nitrogens with one attached hydrogen (secondary N) is 1. The maximum atomic E-state index is 11.7. The average molecular weight is 304 g/mol. The first-order valence-corrected chi connectivity index (χ1v) is 9.75. The van der Waals surface area contributed by atoms with E-state index in [4.69, 9.17) is 0 Å². The molecule has 1 fully saturated rings. The molecule has 0 aliphatic heterocycles. The average Bonchev–Trinajstić information content (AvgIpc) is 2.49. The molecule has 0 aromatic carbocycles. The van der Waals surface area contributed by atoms with Gasteiger partial charge in [0, 0.05) is 18.8 Å². The molecular weight excluding hydrogens is 270 g/mol. The minimum Gasteiger partial charge on any atom is -0.312 e. The highest BCUT2D eigenvalue weighted by Crippen LogP contribution is 2.36. The Balaban J connectivity index is 2.52. The van der Waals surface area contributed by atoms with Gasteiger partial charge in [-0.05, 0) is 50.9 Å². The SMILES string of the molecule is CC(C)(C)C1CCCC(NCC(C)(C)S(C)(=O)=O)CC1. The molecule has 0 heterocycles. The molecule has 0 bridgehead atoms. The molecule has 1 N–H and O–H groups in total. The zero-order valence-corrected chi connectivity index (χ0v) is 14.9. The summed E-state index contributed by atoms with van der Waals surface area (Å²) in [6.45, 7) is 11.2. The van der Waals surface area contributed by atoms with Gasteiger partial charge in [0.25, 0.3) is 0 Å². The van der Waals surface area contributed by atoms with Crippen molar-refractivity contribution in [2.75, 3.05) is 12.8 Å². The predicted molar refractivity (Wildman–Crippen MR) is 86.7 cm³/mol. The number of rotatable bonds is 4. The summed E-state index contributed by atoms with van der Waals surface area (Å²) in [5.74, 6) is 0.789. The normalized spacial score (nSPS) is 26.3. The first-order chi connectivity index (χ1) is 8.93. The van der Waals surface area contributed by atoms with Crippen LogP contribution in [0.4, 0.5) is 0 Å². The highest BCUT2D eigenvalue weighted by molar-refractivity contribution is 7.92. The van der Waals surface area contributed by atoms with E-state index < -0.39 is 14.6 Å². The van der Waals surface area contributed by atoms with Crippen LogP contribution in [0.1, 0.15) is 66.7 Å². The fourth-order valence-electron chi connectivity index (χ4n) is 2.89. The predicted octanol–water partition coefficient (Wildman–Crippen LogP) is 3.39. The van der Waals surface area contributed by atoms with Crippen LogP contribution in [0.3, 0.4) is 0 Å². The fraction of sp³-hybridized carbons (Fsp3) is 1.00. The van der Waals surface area contributed by atoms with Gasteiger partial charge in [0.15, 0.2) is 9.84 Å². The molecule has 0 amide bonds. The van der Waals surface area contributed by atoms with Crippen LogP contribution < -0.4 is 5.32 Å². The number of sulfone groups is 1.